The Hall–Kier alpha value is -2.80. The van der Waals surface area contributed by atoms with Crippen LogP contribution >= 0.6 is 11.3 Å². The van der Waals surface area contributed by atoms with Crippen LogP contribution in [0.2, 0.25) is 0 Å². The van der Waals surface area contributed by atoms with Gasteiger partial charge in [0.25, 0.3) is 5.91 Å². The highest BCUT2D eigenvalue weighted by atomic mass is 32.1. The zero-order valence-electron chi connectivity index (χ0n) is 14.4. The van der Waals surface area contributed by atoms with Crippen molar-refractivity contribution in [3.8, 4) is 10.7 Å². The summed E-state index contributed by atoms with van der Waals surface area (Å²) in [5, 5.41) is 0.722. The molecule has 0 unspecified atom stereocenters. The molecule has 3 heterocycles. The molecule has 0 saturated heterocycles. The second-order valence-corrected chi connectivity index (χ2v) is 7.16. The number of hydrogen-bond acceptors (Lipinski definition) is 5. The van der Waals surface area contributed by atoms with Gasteiger partial charge in [-0.2, -0.15) is 0 Å². The summed E-state index contributed by atoms with van der Waals surface area (Å²) >= 11 is 1.34. The molecule has 1 amide bonds. The van der Waals surface area contributed by atoms with Crippen molar-refractivity contribution in [2.24, 2.45) is 0 Å². The molecule has 2 aromatic heterocycles. The first-order valence-electron chi connectivity index (χ1n) is 8.26. The van der Waals surface area contributed by atoms with Crippen molar-refractivity contribution >= 4 is 28.6 Å². The third-order valence-electron chi connectivity index (χ3n) is 4.42. The Balaban J connectivity index is 1.71. The van der Waals surface area contributed by atoms with Crippen LogP contribution < -0.4 is 9.80 Å². The molecule has 0 saturated carbocycles. The summed E-state index contributed by atoms with van der Waals surface area (Å²) in [4.78, 5) is 26.3. The second kappa shape index (κ2) is 6.49. The van der Waals surface area contributed by atoms with Gasteiger partial charge in [-0.3, -0.25) is 9.78 Å². The van der Waals surface area contributed by atoms with Crippen molar-refractivity contribution in [1.29, 1.82) is 0 Å². The number of likely N-dealkylation sites (N-methyl/N-ethyl adjacent to an activating group) is 1. The van der Waals surface area contributed by atoms with Crippen molar-refractivity contribution in [3.63, 3.8) is 0 Å². The van der Waals surface area contributed by atoms with Crippen LogP contribution in [0, 0.1) is 12.7 Å². The van der Waals surface area contributed by atoms with Crippen LogP contribution in [0.1, 0.15) is 15.4 Å². The van der Waals surface area contributed by atoms with Crippen LogP contribution in [0.25, 0.3) is 10.7 Å². The van der Waals surface area contributed by atoms with Crippen molar-refractivity contribution in [2.45, 2.75) is 6.92 Å². The van der Waals surface area contributed by atoms with E-state index in [0.29, 0.717) is 23.7 Å². The van der Waals surface area contributed by atoms with E-state index < -0.39 is 0 Å². The Morgan fingerprint density at radius 1 is 1.19 bits per heavy atom. The van der Waals surface area contributed by atoms with E-state index in [1.807, 2.05) is 37.1 Å². The standard InChI is InChI=1S/C19H17FN4OS/c1-12-17(26-18(22-12)14-5-3-4-8-21-14)19(25)24-10-9-23(2)16-11-13(20)6-7-15(16)24/h3-8,11H,9-10H2,1-2H3. The summed E-state index contributed by atoms with van der Waals surface area (Å²) in [6, 6.07) is 10.1. The number of amides is 1. The van der Waals surface area contributed by atoms with Crippen LogP contribution in [0.4, 0.5) is 15.8 Å². The fourth-order valence-electron chi connectivity index (χ4n) is 3.05. The number of pyridine rings is 1. The fourth-order valence-corrected chi connectivity index (χ4v) is 4.04. The van der Waals surface area contributed by atoms with E-state index >= 15 is 0 Å². The molecule has 1 aliphatic heterocycles. The molecule has 0 bridgehead atoms. The molecule has 0 spiro atoms. The number of benzene rings is 1. The van der Waals surface area contributed by atoms with Crippen LogP contribution in [0.3, 0.4) is 0 Å². The van der Waals surface area contributed by atoms with Gasteiger partial charge in [0.05, 0.1) is 22.8 Å². The normalized spacial score (nSPS) is 13.7. The number of halogens is 1. The Morgan fingerprint density at radius 2 is 2.04 bits per heavy atom. The first-order valence-corrected chi connectivity index (χ1v) is 9.07. The number of carbonyl (C=O) groups excluding carboxylic acids is 1. The van der Waals surface area contributed by atoms with Crippen molar-refractivity contribution in [3.05, 3.63) is 59.0 Å². The maximum atomic E-state index is 13.6. The van der Waals surface area contributed by atoms with Gasteiger partial charge in [0.15, 0.2) is 0 Å². The number of aryl methyl sites for hydroxylation is 1. The second-order valence-electron chi connectivity index (χ2n) is 6.16. The molecule has 0 aliphatic carbocycles. The minimum atomic E-state index is -0.309. The lowest BCUT2D eigenvalue weighted by atomic mass is 10.1. The first kappa shape index (κ1) is 16.7. The number of hydrogen-bond donors (Lipinski definition) is 0. The van der Waals surface area contributed by atoms with Crippen LogP contribution in [0.15, 0.2) is 42.6 Å². The summed E-state index contributed by atoms with van der Waals surface area (Å²) in [5.41, 5.74) is 2.87. The maximum absolute atomic E-state index is 13.6. The molecule has 3 aromatic rings. The van der Waals surface area contributed by atoms with E-state index in [9.17, 15) is 9.18 Å². The Morgan fingerprint density at radius 3 is 2.81 bits per heavy atom. The molecule has 7 heteroatoms. The average Bonchev–Trinajstić information content (AvgIpc) is 3.04. The lowest BCUT2D eigenvalue weighted by molar-refractivity contribution is 0.0990. The fraction of sp³-hybridized carbons (Fsp3) is 0.211. The first-order chi connectivity index (χ1) is 12.5. The molecule has 1 aliphatic rings. The maximum Gasteiger partial charge on any atom is 0.270 e. The third-order valence-corrected chi connectivity index (χ3v) is 5.59. The van der Waals surface area contributed by atoms with Gasteiger partial charge in [-0.15, -0.1) is 11.3 Å². The molecule has 4 rings (SSSR count). The molecular formula is C19H17FN4OS. The van der Waals surface area contributed by atoms with Gasteiger partial charge in [0.2, 0.25) is 0 Å². The van der Waals surface area contributed by atoms with Gasteiger partial charge in [0.1, 0.15) is 15.7 Å². The molecule has 0 N–H and O–H groups in total. The highest BCUT2D eigenvalue weighted by Crippen LogP contribution is 2.35. The minimum Gasteiger partial charge on any atom is -0.371 e. The van der Waals surface area contributed by atoms with Gasteiger partial charge >= 0.3 is 0 Å². The average molecular weight is 368 g/mol. The van der Waals surface area contributed by atoms with E-state index in [-0.39, 0.29) is 11.7 Å². The Kier molecular flexibility index (Phi) is 4.16. The van der Waals surface area contributed by atoms with Crippen LogP contribution in [-0.2, 0) is 0 Å². The topological polar surface area (TPSA) is 49.3 Å². The summed E-state index contributed by atoms with van der Waals surface area (Å²) in [6.07, 6.45) is 1.71. The molecule has 5 nitrogen and oxygen atoms in total. The van der Waals surface area contributed by atoms with Crippen molar-refractivity contribution < 1.29 is 9.18 Å². The number of nitrogens with zero attached hydrogens (tertiary/aromatic N) is 4. The summed E-state index contributed by atoms with van der Waals surface area (Å²) in [7, 11) is 1.90. The highest BCUT2D eigenvalue weighted by Gasteiger charge is 2.29. The molecule has 0 radical (unpaired) electrons. The quantitative estimate of drug-likeness (QED) is 0.691. The number of carbonyl (C=O) groups is 1. The molecule has 0 fully saturated rings. The molecule has 1 aromatic carbocycles. The van der Waals surface area contributed by atoms with E-state index in [0.717, 1.165) is 22.1 Å². The van der Waals surface area contributed by atoms with Crippen molar-refractivity contribution in [2.75, 3.05) is 29.9 Å². The minimum absolute atomic E-state index is 0.108. The lowest BCUT2D eigenvalue weighted by Gasteiger charge is -2.35. The number of rotatable bonds is 2. The zero-order valence-corrected chi connectivity index (χ0v) is 15.3. The molecular weight excluding hydrogens is 351 g/mol. The third kappa shape index (κ3) is 2.84. The SMILES string of the molecule is Cc1nc(-c2ccccn2)sc1C(=O)N1CCN(C)c2cc(F)ccc21. The van der Waals surface area contributed by atoms with Gasteiger partial charge in [-0.1, -0.05) is 6.07 Å². The Bertz CT molecular complexity index is 973. The summed E-state index contributed by atoms with van der Waals surface area (Å²) < 4.78 is 13.6. The van der Waals surface area contributed by atoms with E-state index in [2.05, 4.69) is 9.97 Å². The summed E-state index contributed by atoms with van der Waals surface area (Å²) in [5.74, 6) is -0.417. The van der Waals surface area contributed by atoms with Gasteiger partial charge in [-0.05, 0) is 37.3 Å². The zero-order chi connectivity index (χ0) is 18.3. The molecule has 26 heavy (non-hydrogen) atoms. The van der Waals surface area contributed by atoms with Crippen molar-refractivity contribution in [1.82, 2.24) is 9.97 Å². The van der Waals surface area contributed by atoms with Crippen LogP contribution in [0.5, 0.6) is 0 Å². The number of anilines is 2. The molecule has 0 atom stereocenters. The number of fused-ring (bicyclic) bond motifs is 1. The predicted molar refractivity (Wildman–Crippen MR) is 101 cm³/mol. The number of aromatic nitrogens is 2. The number of thiazole rings is 1. The van der Waals surface area contributed by atoms with E-state index in [1.54, 1.807) is 17.2 Å². The van der Waals surface area contributed by atoms with E-state index in [1.165, 1.54) is 23.5 Å². The predicted octanol–water partition coefficient (Wildman–Crippen LogP) is 3.75. The van der Waals surface area contributed by atoms with E-state index in [4.69, 9.17) is 0 Å². The monoisotopic (exact) mass is 368 g/mol. The van der Waals surface area contributed by atoms with Gasteiger partial charge in [-0.25, -0.2) is 9.37 Å². The van der Waals surface area contributed by atoms with Gasteiger partial charge in [0, 0.05) is 26.3 Å². The molecule has 132 valence electrons. The largest absolute Gasteiger partial charge is 0.371 e. The lowest BCUT2D eigenvalue weighted by Crippen LogP contribution is -2.42. The summed E-state index contributed by atoms with van der Waals surface area (Å²) in [6.45, 7) is 3.02. The van der Waals surface area contributed by atoms with Crippen LogP contribution in [-0.4, -0.2) is 36.0 Å². The van der Waals surface area contributed by atoms with Gasteiger partial charge < -0.3 is 9.80 Å². The smallest absolute Gasteiger partial charge is 0.270 e. The Labute approximate surface area is 154 Å². The highest BCUT2D eigenvalue weighted by molar-refractivity contribution is 7.17.